The molecule has 1 saturated heterocycles. The lowest BCUT2D eigenvalue weighted by molar-refractivity contribution is -0.137. The molecule has 0 spiro atoms. The summed E-state index contributed by atoms with van der Waals surface area (Å²) in [5.41, 5.74) is 0.206. The molecule has 1 aliphatic rings. The Balaban J connectivity index is 1.76. The number of amides is 1. The third-order valence-corrected chi connectivity index (χ3v) is 6.16. The number of hydrogen-bond acceptors (Lipinski definition) is 5. The number of rotatable bonds is 6. The van der Waals surface area contributed by atoms with Crippen LogP contribution in [0.3, 0.4) is 0 Å². The lowest BCUT2D eigenvalue weighted by Gasteiger charge is -2.21. The number of benzene rings is 1. The summed E-state index contributed by atoms with van der Waals surface area (Å²) in [6.07, 6.45) is 1.60. The fourth-order valence-corrected chi connectivity index (χ4v) is 4.28. The first-order chi connectivity index (χ1) is 17.4. The molecular formula is C26H30F3N5O3. The van der Waals surface area contributed by atoms with Crippen molar-refractivity contribution < 1.29 is 27.4 Å². The minimum atomic E-state index is -4.63. The molecule has 0 N–H and O–H groups in total. The van der Waals surface area contributed by atoms with Crippen molar-refractivity contribution in [1.29, 1.82) is 0 Å². The smallest absolute Gasteiger partial charge is 0.416 e. The van der Waals surface area contributed by atoms with Crippen LogP contribution in [-0.4, -0.2) is 37.9 Å². The maximum atomic E-state index is 13.5. The monoisotopic (exact) mass is 517 g/mol. The van der Waals surface area contributed by atoms with Crippen molar-refractivity contribution in [3.63, 3.8) is 0 Å². The van der Waals surface area contributed by atoms with Gasteiger partial charge in [0.05, 0.1) is 35.7 Å². The van der Waals surface area contributed by atoms with Gasteiger partial charge >= 0.3 is 6.18 Å². The first kappa shape index (κ1) is 26.6. The Morgan fingerprint density at radius 1 is 1.22 bits per heavy atom. The highest BCUT2D eigenvalue weighted by molar-refractivity contribution is 5.97. The van der Waals surface area contributed by atoms with E-state index in [2.05, 4.69) is 15.0 Å². The number of carbonyl (C=O) groups is 1. The maximum Gasteiger partial charge on any atom is 0.416 e. The number of aromatic nitrogens is 4. The summed E-state index contributed by atoms with van der Waals surface area (Å²) < 4.78 is 55.7. The molecule has 0 bridgehead atoms. The van der Waals surface area contributed by atoms with Gasteiger partial charge in [0.2, 0.25) is 0 Å². The van der Waals surface area contributed by atoms with Crippen LogP contribution in [0.1, 0.15) is 60.9 Å². The van der Waals surface area contributed by atoms with Crippen molar-refractivity contribution in [2.45, 2.75) is 64.5 Å². The van der Waals surface area contributed by atoms with E-state index in [-0.39, 0.29) is 29.4 Å². The van der Waals surface area contributed by atoms with Crippen molar-refractivity contribution >= 4 is 5.91 Å². The average molecular weight is 518 g/mol. The molecule has 198 valence electrons. The zero-order valence-corrected chi connectivity index (χ0v) is 21.2. The fourth-order valence-electron chi connectivity index (χ4n) is 4.28. The van der Waals surface area contributed by atoms with Crippen molar-refractivity contribution in [3.8, 4) is 5.75 Å². The Morgan fingerprint density at radius 2 is 2.00 bits per heavy atom. The Hall–Kier alpha value is -3.47. The van der Waals surface area contributed by atoms with Gasteiger partial charge in [-0.1, -0.05) is 20.8 Å². The second-order valence-electron chi connectivity index (χ2n) is 9.99. The van der Waals surface area contributed by atoms with E-state index in [0.29, 0.717) is 24.3 Å². The topological polar surface area (TPSA) is 83.5 Å². The van der Waals surface area contributed by atoms with Gasteiger partial charge in [0, 0.05) is 43.2 Å². The van der Waals surface area contributed by atoms with Crippen LogP contribution in [0, 0.1) is 0 Å². The van der Waals surface area contributed by atoms with Gasteiger partial charge in [-0.15, -0.1) is 0 Å². The lowest BCUT2D eigenvalue weighted by Crippen LogP contribution is -2.30. The minimum absolute atomic E-state index is 0.0231. The first-order valence-corrected chi connectivity index (χ1v) is 12.0. The highest BCUT2D eigenvalue weighted by Gasteiger charge is 2.32. The molecule has 2 aromatic heterocycles. The van der Waals surface area contributed by atoms with E-state index >= 15 is 0 Å². The molecule has 0 unspecified atom stereocenters. The summed E-state index contributed by atoms with van der Waals surface area (Å²) >= 11 is 0. The molecule has 0 aliphatic carbocycles. The summed E-state index contributed by atoms with van der Waals surface area (Å²) in [6, 6.07) is 4.57. The van der Waals surface area contributed by atoms with E-state index in [1.807, 2.05) is 37.2 Å². The quantitative estimate of drug-likeness (QED) is 0.483. The normalized spacial score (nSPS) is 16.8. The third kappa shape index (κ3) is 6.27. The van der Waals surface area contributed by atoms with E-state index in [1.54, 1.807) is 6.07 Å². The minimum Gasteiger partial charge on any atom is -0.486 e. The molecule has 3 heterocycles. The molecule has 0 saturated carbocycles. The summed E-state index contributed by atoms with van der Waals surface area (Å²) in [5, 5.41) is 0. The van der Waals surface area contributed by atoms with Crippen molar-refractivity contribution in [1.82, 2.24) is 19.3 Å². The summed E-state index contributed by atoms with van der Waals surface area (Å²) in [6.45, 7) is 7.18. The number of hydrogen-bond donors (Lipinski definition) is 0. The Morgan fingerprint density at radius 3 is 2.62 bits per heavy atom. The van der Waals surface area contributed by atoms with Crippen LogP contribution in [0.2, 0.25) is 0 Å². The molecule has 37 heavy (non-hydrogen) atoms. The largest absolute Gasteiger partial charge is 0.486 e. The molecule has 1 aliphatic heterocycles. The highest BCUT2D eigenvalue weighted by Crippen LogP contribution is 2.33. The van der Waals surface area contributed by atoms with Gasteiger partial charge in [0.15, 0.2) is 5.49 Å². The van der Waals surface area contributed by atoms with Gasteiger partial charge < -0.3 is 9.47 Å². The van der Waals surface area contributed by atoms with Crippen molar-refractivity contribution in [3.05, 3.63) is 70.9 Å². The van der Waals surface area contributed by atoms with Crippen LogP contribution in [0.5, 0.6) is 5.75 Å². The molecule has 8 nitrogen and oxygen atoms in total. The van der Waals surface area contributed by atoms with E-state index in [1.165, 1.54) is 18.6 Å². The number of ether oxygens (including phenoxy) is 2. The van der Waals surface area contributed by atoms with Gasteiger partial charge in [0.25, 0.3) is 5.91 Å². The summed E-state index contributed by atoms with van der Waals surface area (Å²) in [4.78, 5) is 25.7. The number of halogens is 3. The number of nitrogens with zero attached hydrogens (tertiary/aromatic N) is 5. The Kier molecular flexibility index (Phi) is 7.54. The van der Waals surface area contributed by atoms with Gasteiger partial charge in [-0.25, -0.2) is 0 Å². The fraction of sp³-hybridized carbons (Fsp3) is 0.462. The van der Waals surface area contributed by atoms with Crippen molar-refractivity contribution in [2.24, 2.45) is 12.0 Å². The molecule has 1 atom stereocenters. The van der Waals surface area contributed by atoms with E-state index < -0.39 is 17.6 Å². The van der Waals surface area contributed by atoms with E-state index in [4.69, 9.17) is 9.47 Å². The zero-order valence-electron chi connectivity index (χ0n) is 21.2. The second-order valence-corrected chi connectivity index (χ2v) is 9.99. The molecule has 1 aromatic carbocycles. The highest BCUT2D eigenvalue weighted by atomic mass is 19.4. The molecule has 3 aromatic rings. The molecule has 4 rings (SSSR count). The van der Waals surface area contributed by atoms with Gasteiger partial charge in [-0.3, -0.25) is 24.1 Å². The summed E-state index contributed by atoms with van der Waals surface area (Å²) in [7, 11) is 1.87. The van der Waals surface area contributed by atoms with Crippen LogP contribution < -0.4 is 10.2 Å². The SMILES string of the molecule is Cn1c(C(C)(C)C)c/c(=N\C(=O)c2cc(C(F)(F)F)ccc2OCc2cnccn2)n1C[C@H]1CCCO1. The van der Waals surface area contributed by atoms with Crippen LogP contribution in [-0.2, 0) is 36.5 Å². The molecule has 0 radical (unpaired) electrons. The first-order valence-electron chi connectivity index (χ1n) is 12.0. The maximum absolute atomic E-state index is 13.5. The van der Waals surface area contributed by atoms with Crippen molar-refractivity contribution in [2.75, 3.05) is 6.61 Å². The molecule has 11 heteroatoms. The standard InChI is InChI=1S/C26H30F3N5O3/c1-25(2,3)22-13-23(34(33(22)4)15-19-6-5-11-36-19)32-24(35)20-12-17(26(27,28)29)7-8-21(20)37-16-18-14-30-9-10-31-18/h7-10,12-14,19H,5-6,11,15-16H2,1-4H3/b32-23+/t19-/m1/s1. The average Bonchev–Trinajstić information content (AvgIpc) is 3.46. The number of alkyl halides is 3. The summed E-state index contributed by atoms with van der Waals surface area (Å²) in [5.74, 6) is -0.863. The lowest BCUT2D eigenvalue weighted by atomic mass is 9.92. The van der Waals surface area contributed by atoms with E-state index in [9.17, 15) is 18.0 Å². The second kappa shape index (κ2) is 10.5. The van der Waals surface area contributed by atoms with E-state index in [0.717, 1.165) is 36.7 Å². The van der Waals surface area contributed by atoms with Gasteiger partial charge in [-0.05, 0) is 31.0 Å². The van der Waals surface area contributed by atoms with Crippen LogP contribution in [0.15, 0.2) is 47.8 Å². The molecule has 1 fully saturated rings. The third-order valence-electron chi connectivity index (χ3n) is 6.16. The Labute approximate surface area is 212 Å². The van der Waals surface area contributed by atoms with Gasteiger partial charge in [0.1, 0.15) is 12.4 Å². The van der Waals surface area contributed by atoms with Crippen LogP contribution in [0.4, 0.5) is 13.2 Å². The van der Waals surface area contributed by atoms with Crippen LogP contribution >= 0.6 is 0 Å². The van der Waals surface area contributed by atoms with Crippen LogP contribution in [0.25, 0.3) is 0 Å². The zero-order chi connectivity index (χ0) is 26.8. The molecule has 1 amide bonds. The predicted octanol–water partition coefficient (Wildman–Crippen LogP) is 4.43. The Bertz CT molecular complexity index is 1320. The number of carbonyl (C=O) groups excluding carboxylic acids is 1. The predicted molar refractivity (Wildman–Crippen MR) is 129 cm³/mol. The van der Waals surface area contributed by atoms with Gasteiger partial charge in [-0.2, -0.15) is 18.2 Å². The molecular weight excluding hydrogens is 487 g/mol.